The summed E-state index contributed by atoms with van der Waals surface area (Å²) < 4.78 is 26.5. The van der Waals surface area contributed by atoms with Crippen molar-refractivity contribution >= 4 is 27.0 Å². The lowest BCUT2D eigenvalue weighted by Gasteiger charge is -2.10. The largest absolute Gasteiger partial charge is 0.381 e. The van der Waals surface area contributed by atoms with Crippen molar-refractivity contribution in [2.75, 3.05) is 5.32 Å². The fourth-order valence-electron chi connectivity index (χ4n) is 1.73. The highest BCUT2D eigenvalue weighted by Crippen LogP contribution is 2.16. The van der Waals surface area contributed by atoms with Gasteiger partial charge in [0.1, 0.15) is 0 Å². The lowest BCUT2D eigenvalue weighted by Crippen LogP contribution is -2.30. The molecule has 0 saturated heterocycles. The summed E-state index contributed by atoms with van der Waals surface area (Å²) >= 11 is 1.66. The minimum atomic E-state index is -3.41. The molecule has 0 fully saturated rings. The molecule has 0 amide bonds. The quantitative estimate of drug-likeness (QED) is 0.862. The topological polar surface area (TPSA) is 58.2 Å². The van der Waals surface area contributed by atoms with Gasteiger partial charge in [-0.2, -0.15) is 11.3 Å². The van der Waals surface area contributed by atoms with E-state index in [0.717, 1.165) is 12.2 Å². The minimum Gasteiger partial charge on any atom is -0.381 e. The third-order valence-electron chi connectivity index (χ3n) is 2.63. The first kappa shape index (κ1) is 15.0. The van der Waals surface area contributed by atoms with Gasteiger partial charge >= 0.3 is 0 Å². The van der Waals surface area contributed by atoms with E-state index in [1.165, 1.54) is 5.56 Å². The highest BCUT2D eigenvalue weighted by molar-refractivity contribution is 7.89. The van der Waals surface area contributed by atoms with Crippen LogP contribution in [0.2, 0.25) is 0 Å². The van der Waals surface area contributed by atoms with Crippen molar-refractivity contribution in [3.8, 4) is 0 Å². The molecule has 0 aliphatic heterocycles. The number of thiophene rings is 1. The van der Waals surface area contributed by atoms with E-state index in [0.29, 0.717) is 0 Å². The summed E-state index contributed by atoms with van der Waals surface area (Å²) in [7, 11) is -3.41. The first-order valence-electron chi connectivity index (χ1n) is 6.35. The Hall–Kier alpha value is -1.37. The van der Waals surface area contributed by atoms with Crippen LogP contribution < -0.4 is 10.0 Å². The average Bonchev–Trinajstić information content (AvgIpc) is 2.88. The lowest BCUT2D eigenvalue weighted by atomic mass is 10.3. The van der Waals surface area contributed by atoms with Crippen LogP contribution in [0.4, 0.5) is 5.69 Å². The van der Waals surface area contributed by atoms with Crippen LogP contribution in [0.1, 0.15) is 19.4 Å². The Morgan fingerprint density at radius 1 is 1.15 bits per heavy atom. The summed E-state index contributed by atoms with van der Waals surface area (Å²) in [5.74, 6) is 0. The van der Waals surface area contributed by atoms with Crippen LogP contribution >= 0.6 is 11.3 Å². The first-order chi connectivity index (χ1) is 9.47. The van der Waals surface area contributed by atoms with Crippen LogP contribution in [0.15, 0.2) is 46.0 Å². The fraction of sp³-hybridized carbons (Fsp3) is 0.286. The van der Waals surface area contributed by atoms with Gasteiger partial charge in [0.05, 0.1) is 4.90 Å². The van der Waals surface area contributed by atoms with Crippen molar-refractivity contribution < 1.29 is 8.42 Å². The predicted octanol–water partition coefficient (Wildman–Crippen LogP) is 3.05. The molecule has 20 heavy (non-hydrogen) atoms. The summed E-state index contributed by atoms with van der Waals surface area (Å²) in [6, 6.07) is 8.73. The van der Waals surface area contributed by atoms with Gasteiger partial charge in [-0.3, -0.25) is 0 Å². The minimum absolute atomic E-state index is 0.114. The van der Waals surface area contributed by atoms with Gasteiger partial charge in [-0.1, -0.05) is 0 Å². The van der Waals surface area contributed by atoms with Crippen LogP contribution in [-0.2, 0) is 16.6 Å². The molecule has 6 heteroatoms. The zero-order valence-corrected chi connectivity index (χ0v) is 13.1. The summed E-state index contributed by atoms with van der Waals surface area (Å²) in [6.07, 6.45) is 0. The molecule has 1 aromatic heterocycles. The van der Waals surface area contributed by atoms with E-state index in [-0.39, 0.29) is 10.9 Å². The van der Waals surface area contributed by atoms with E-state index in [1.807, 2.05) is 5.38 Å². The number of sulfonamides is 1. The van der Waals surface area contributed by atoms with E-state index in [1.54, 1.807) is 49.4 Å². The second-order valence-corrected chi connectivity index (χ2v) is 7.28. The number of hydrogen-bond acceptors (Lipinski definition) is 4. The van der Waals surface area contributed by atoms with Crippen molar-refractivity contribution in [3.63, 3.8) is 0 Å². The highest BCUT2D eigenvalue weighted by Gasteiger charge is 2.14. The van der Waals surface area contributed by atoms with Gasteiger partial charge in [0.25, 0.3) is 0 Å². The molecule has 0 aliphatic rings. The molecule has 0 spiro atoms. The lowest BCUT2D eigenvalue weighted by molar-refractivity contribution is 0.570. The SMILES string of the molecule is CC(C)NS(=O)(=O)c1ccc(NCc2ccsc2)cc1. The van der Waals surface area contributed by atoms with Gasteiger partial charge in [-0.15, -0.1) is 0 Å². The van der Waals surface area contributed by atoms with Crippen molar-refractivity contribution in [3.05, 3.63) is 46.7 Å². The molecule has 0 saturated carbocycles. The number of anilines is 1. The maximum atomic E-state index is 12.0. The average molecular weight is 310 g/mol. The summed E-state index contributed by atoms with van der Waals surface area (Å²) in [5, 5.41) is 7.37. The van der Waals surface area contributed by atoms with E-state index >= 15 is 0 Å². The van der Waals surface area contributed by atoms with Crippen LogP contribution in [0.25, 0.3) is 0 Å². The highest BCUT2D eigenvalue weighted by atomic mass is 32.2. The Labute approximate surface area is 123 Å². The molecule has 2 aromatic rings. The first-order valence-corrected chi connectivity index (χ1v) is 8.77. The molecule has 0 bridgehead atoms. The molecule has 2 rings (SSSR count). The second-order valence-electron chi connectivity index (χ2n) is 4.79. The molecule has 4 nitrogen and oxygen atoms in total. The standard InChI is InChI=1S/C14H18N2O2S2/c1-11(2)16-20(17,18)14-5-3-13(4-6-14)15-9-12-7-8-19-10-12/h3-8,10-11,15-16H,9H2,1-2H3. The van der Waals surface area contributed by atoms with Gasteiger partial charge in [0.2, 0.25) is 10.0 Å². The fourth-order valence-corrected chi connectivity index (χ4v) is 3.65. The Balaban J connectivity index is 2.02. The molecule has 0 radical (unpaired) electrons. The van der Waals surface area contributed by atoms with Crippen molar-refractivity contribution in [1.29, 1.82) is 0 Å². The molecule has 1 heterocycles. The third-order valence-corrected chi connectivity index (χ3v) is 5.04. The van der Waals surface area contributed by atoms with E-state index in [2.05, 4.69) is 21.5 Å². The Bertz CT molecular complexity index is 632. The van der Waals surface area contributed by atoms with Gasteiger partial charge in [-0.05, 0) is 60.5 Å². The maximum absolute atomic E-state index is 12.0. The van der Waals surface area contributed by atoms with E-state index in [9.17, 15) is 8.42 Å². The van der Waals surface area contributed by atoms with Crippen LogP contribution in [0.5, 0.6) is 0 Å². The smallest absolute Gasteiger partial charge is 0.240 e. The zero-order valence-electron chi connectivity index (χ0n) is 11.5. The van der Waals surface area contributed by atoms with Crippen molar-refractivity contribution in [1.82, 2.24) is 4.72 Å². The number of hydrogen-bond donors (Lipinski definition) is 2. The van der Waals surface area contributed by atoms with Crippen LogP contribution in [0.3, 0.4) is 0 Å². The number of nitrogens with one attached hydrogen (secondary N) is 2. The second kappa shape index (κ2) is 6.39. The molecular formula is C14H18N2O2S2. The summed E-state index contributed by atoms with van der Waals surface area (Å²) in [5.41, 5.74) is 2.12. The molecule has 1 aromatic carbocycles. The van der Waals surface area contributed by atoms with Crippen LogP contribution in [0, 0.1) is 0 Å². The van der Waals surface area contributed by atoms with E-state index in [4.69, 9.17) is 0 Å². The maximum Gasteiger partial charge on any atom is 0.240 e. The normalized spacial score (nSPS) is 11.8. The summed E-state index contributed by atoms with van der Waals surface area (Å²) in [6.45, 7) is 4.34. The van der Waals surface area contributed by atoms with Gasteiger partial charge in [0.15, 0.2) is 0 Å². The van der Waals surface area contributed by atoms with Crippen molar-refractivity contribution in [2.45, 2.75) is 31.3 Å². The Morgan fingerprint density at radius 2 is 1.85 bits per heavy atom. The van der Waals surface area contributed by atoms with Gasteiger partial charge in [0, 0.05) is 18.3 Å². The molecular weight excluding hydrogens is 292 g/mol. The number of rotatable bonds is 6. The predicted molar refractivity (Wildman–Crippen MR) is 83.5 cm³/mol. The Kier molecular flexibility index (Phi) is 4.80. The van der Waals surface area contributed by atoms with Gasteiger partial charge < -0.3 is 5.32 Å². The Morgan fingerprint density at radius 3 is 2.40 bits per heavy atom. The molecule has 0 unspecified atom stereocenters. The molecule has 108 valence electrons. The molecule has 2 N–H and O–H groups in total. The summed E-state index contributed by atoms with van der Waals surface area (Å²) in [4.78, 5) is 0.285. The van der Waals surface area contributed by atoms with Crippen LogP contribution in [-0.4, -0.2) is 14.5 Å². The number of benzene rings is 1. The molecule has 0 aliphatic carbocycles. The van der Waals surface area contributed by atoms with E-state index < -0.39 is 10.0 Å². The van der Waals surface area contributed by atoms with Gasteiger partial charge in [-0.25, -0.2) is 13.1 Å². The molecule has 0 atom stereocenters. The zero-order chi connectivity index (χ0) is 14.6. The third kappa shape index (κ3) is 4.06. The monoisotopic (exact) mass is 310 g/mol. The van der Waals surface area contributed by atoms with Crippen molar-refractivity contribution in [2.24, 2.45) is 0 Å².